The lowest BCUT2D eigenvalue weighted by atomic mass is 9.86. The van der Waals surface area contributed by atoms with Crippen molar-refractivity contribution in [2.75, 3.05) is 0 Å². The van der Waals surface area contributed by atoms with Gasteiger partial charge in [-0.05, 0) is 17.7 Å². The van der Waals surface area contributed by atoms with Gasteiger partial charge in [0.1, 0.15) is 0 Å². The van der Waals surface area contributed by atoms with Gasteiger partial charge in [0, 0.05) is 5.56 Å². The number of phenols is 2. The van der Waals surface area contributed by atoms with Gasteiger partial charge in [-0.1, -0.05) is 36.4 Å². The first-order valence-electron chi connectivity index (χ1n) is 5.50. The topological polar surface area (TPSA) is 98.0 Å². The van der Waals surface area contributed by atoms with E-state index in [1.807, 2.05) is 0 Å². The summed E-state index contributed by atoms with van der Waals surface area (Å²) >= 11 is 0. The molecule has 0 saturated carbocycles. The summed E-state index contributed by atoms with van der Waals surface area (Å²) in [6.07, 6.45) is 0. The molecule has 2 rings (SSSR count). The van der Waals surface area contributed by atoms with Crippen molar-refractivity contribution in [3.8, 4) is 11.5 Å². The van der Waals surface area contributed by atoms with Crippen LogP contribution in [0.15, 0.2) is 48.5 Å². The second-order valence-corrected chi connectivity index (χ2v) is 4.09. The minimum atomic E-state index is -2.29. The molecule has 0 radical (unpaired) electrons. The van der Waals surface area contributed by atoms with E-state index in [1.54, 1.807) is 18.2 Å². The highest BCUT2D eigenvalue weighted by Gasteiger charge is 2.40. The molecule has 2 aromatic rings. The Balaban J connectivity index is 2.63. The second kappa shape index (κ2) is 4.62. The monoisotopic (exact) mass is 260 g/mol. The number of carboxylic acids is 1. The molecule has 5 heteroatoms. The Hall–Kier alpha value is -2.53. The molecule has 19 heavy (non-hydrogen) atoms. The van der Waals surface area contributed by atoms with Crippen LogP contribution in [0.1, 0.15) is 11.1 Å². The Morgan fingerprint density at radius 2 is 1.53 bits per heavy atom. The summed E-state index contributed by atoms with van der Waals surface area (Å²) < 4.78 is 0. The predicted octanol–water partition coefficient (Wildman–Crippen LogP) is 1.42. The highest BCUT2D eigenvalue weighted by atomic mass is 16.4. The van der Waals surface area contributed by atoms with E-state index in [0.29, 0.717) is 0 Å². The summed E-state index contributed by atoms with van der Waals surface area (Å²) in [5.74, 6) is -2.35. The van der Waals surface area contributed by atoms with Crippen molar-refractivity contribution in [3.63, 3.8) is 0 Å². The molecule has 2 aromatic carbocycles. The maximum absolute atomic E-state index is 11.4. The third-order valence-electron chi connectivity index (χ3n) is 2.89. The molecular weight excluding hydrogens is 248 g/mol. The van der Waals surface area contributed by atoms with Gasteiger partial charge in [-0.25, -0.2) is 4.79 Å². The summed E-state index contributed by atoms with van der Waals surface area (Å²) in [6.45, 7) is 0. The van der Waals surface area contributed by atoms with Crippen LogP contribution in [0, 0.1) is 0 Å². The zero-order valence-electron chi connectivity index (χ0n) is 9.82. The molecular formula is C14H12O5. The fourth-order valence-corrected chi connectivity index (χ4v) is 1.84. The first-order valence-corrected chi connectivity index (χ1v) is 5.50. The van der Waals surface area contributed by atoms with Gasteiger partial charge in [-0.15, -0.1) is 0 Å². The van der Waals surface area contributed by atoms with E-state index in [9.17, 15) is 25.2 Å². The molecule has 0 bridgehead atoms. The summed E-state index contributed by atoms with van der Waals surface area (Å²) in [7, 11) is 0. The second-order valence-electron chi connectivity index (χ2n) is 4.09. The van der Waals surface area contributed by atoms with Crippen molar-refractivity contribution in [1.82, 2.24) is 0 Å². The van der Waals surface area contributed by atoms with Crippen LogP contribution in [0.5, 0.6) is 11.5 Å². The average Bonchev–Trinajstić information content (AvgIpc) is 2.41. The molecule has 0 amide bonds. The van der Waals surface area contributed by atoms with Crippen molar-refractivity contribution in [3.05, 3.63) is 59.7 Å². The number of aromatic hydroxyl groups is 2. The zero-order valence-corrected chi connectivity index (χ0v) is 9.82. The molecule has 0 spiro atoms. The third-order valence-corrected chi connectivity index (χ3v) is 2.89. The van der Waals surface area contributed by atoms with Crippen molar-refractivity contribution < 1.29 is 25.2 Å². The van der Waals surface area contributed by atoms with Crippen molar-refractivity contribution in [1.29, 1.82) is 0 Å². The third kappa shape index (κ3) is 2.11. The van der Waals surface area contributed by atoms with Gasteiger partial charge in [0.05, 0.1) is 0 Å². The molecule has 0 aliphatic carbocycles. The van der Waals surface area contributed by atoms with Crippen LogP contribution in [0.3, 0.4) is 0 Å². The SMILES string of the molecule is O=C(O)C(O)(c1ccccc1)c1ccc(O)c(O)c1. The van der Waals surface area contributed by atoms with Gasteiger partial charge in [0.15, 0.2) is 11.5 Å². The van der Waals surface area contributed by atoms with Crippen LogP contribution in [-0.2, 0) is 10.4 Å². The molecule has 4 N–H and O–H groups in total. The average molecular weight is 260 g/mol. The maximum Gasteiger partial charge on any atom is 0.345 e. The van der Waals surface area contributed by atoms with E-state index < -0.39 is 17.3 Å². The van der Waals surface area contributed by atoms with Gasteiger partial charge >= 0.3 is 5.97 Å². The number of phenolic OH excluding ortho intramolecular Hbond substituents is 2. The van der Waals surface area contributed by atoms with Gasteiger partial charge in [0.25, 0.3) is 0 Å². The Bertz CT molecular complexity index is 608. The molecule has 0 aromatic heterocycles. The van der Waals surface area contributed by atoms with Gasteiger partial charge in [-0.3, -0.25) is 0 Å². The summed E-state index contributed by atoms with van der Waals surface area (Å²) in [5, 5.41) is 38.4. The predicted molar refractivity (Wildman–Crippen MR) is 66.8 cm³/mol. The summed E-state index contributed by atoms with van der Waals surface area (Å²) in [5.41, 5.74) is -2.17. The maximum atomic E-state index is 11.4. The lowest BCUT2D eigenvalue weighted by Gasteiger charge is -2.24. The quantitative estimate of drug-likeness (QED) is 0.626. The van der Waals surface area contributed by atoms with Gasteiger partial charge in [-0.2, -0.15) is 0 Å². The molecule has 0 aliphatic rings. The normalized spacial score (nSPS) is 13.7. The smallest absolute Gasteiger partial charge is 0.345 e. The molecule has 0 heterocycles. The zero-order chi connectivity index (χ0) is 14.0. The Morgan fingerprint density at radius 3 is 2.05 bits per heavy atom. The molecule has 1 atom stereocenters. The molecule has 1 unspecified atom stereocenters. The number of carboxylic acid groups (broad SMARTS) is 1. The lowest BCUT2D eigenvalue weighted by Crippen LogP contribution is -2.36. The number of aliphatic hydroxyl groups is 1. The van der Waals surface area contributed by atoms with Crippen molar-refractivity contribution >= 4 is 5.97 Å². The fraction of sp³-hybridized carbons (Fsp3) is 0.0714. The number of hydrogen-bond acceptors (Lipinski definition) is 4. The van der Waals surface area contributed by atoms with Gasteiger partial charge < -0.3 is 20.4 Å². The number of carbonyl (C=O) groups is 1. The lowest BCUT2D eigenvalue weighted by molar-refractivity contribution is -0.155. The first-order chi connectivity index (χ1) is 8.96. The number of benzene rings is 2. The standard InChI is InChI=1S/C14H12O5/c15-11-7-6-10(8-12(11)16)14(19,13(17)18)9-4-2-1-3-5-9/h1-8,15-16,19H,(H,17,18). The van der Waals surface area contributed by atoms with Crippen LogP contribution < -0.4 is 0 Å². The van der Waals surface area contributed by atoms with E-state index in [1.165, 1.54) is 18.2 Å². The molecule has 5 nitrogen and oxygen atoms in total. The Labute approximate surface area is 109 Å². The minimum absolute atomic E-state index is 0.0403. The molecule has 0 fully saturated rings. The fourth-order valence-electron chi connectivity index (χ4n) is 1.84. The van der Waals surface area contributed by atoms with Gasteiger partial charge in [0.2, 0.25) is 5.60 Å². The van der Waals surface area contributed by atoms with E-state index >= 15 is 0 Å². The van der Waals surface area contributed by atoms with Crippen LogP contribution >= 0.6 is 0 Å². The summed E-state index contributed by atoms with van der Waals surface area (Å²) in [6, 6.07) is 11.2. The molecule has 0 aliphatic heterocycles. The number of hydrogen-bond donors (Lipinski definition) is 4. The van der Waals surface area contributed by atoms with Crippen LogP contribution in [0.25, 0.3) is 0 Å². The van der Waals surface area contributed by atoms with Crippen LogP contribution in [0.4, 0.5) is 0 Å². The van der Waals surface area contributed by atoms with E-state index in [4.69, 9.17) is 0 Å². The van der Waals surface area contributed by atoms with E-state index in [2.05, 4.69) is 0 Å². The Morgan fingerprint density at radius 1 is 0.895 bits per heavy atom. The highest BCUT2D eigenvalue weighted by Crippen LogP contribution is 2.35. The highest BCUT2D eigenvalue weighted by molar-refractivity contribution is 5.84. The largest absolute Gasteiger partial charge is 0.504 e. The van der Waals surface area contributed by atoms with E-state index in [-0.39, 0.29) is 16.9 Å². The summed E-state index contributed by atoms with van der Waals surface area (Å²) in [4.78, 5) is 11.4. The van der Waals surface area contributed by atoms with Crippen LogP contribution in [-0.4, -0.2) is 26.4 Å². The Kier molecular flexibility index (Phi) is 3.14. The number of aliphatic carboxylic acids is 1. The minimum Gasteiger partial charge on any atom is -0.504 e. The van der Waals surface area contributed by atoms with Crippen molar-refractivity contribution in [2.45, 2.75) is 5.60 Å². The molecule has 98 valence electrons. The van der Waals surface area contributed by atoms with Crippen LogP contribution in [0.2, 0.25) is 0 Å². The van der Waals surface area contributed by atoms with Crippen molar-refractivity contribution in [2.24, 2.45) is 0 Å². The first kappa shape index (κ1) is 12.9. The number of rotatable bonds is 3. The van der Waals surface area contributed by atoms with E-state index in [0.717, 1.165) is 12.1 Å². The molecule has 0 saturated heterocycles.